The Hall–Kier alpha value is -3.73. The van der Waals surface area contributed by atoms with Crippen molar-refractivity contribution >= 4 is 53.7 Å². The maximum atomic E-state index is 13.2. The second-order valence-electron chi connectivity index (χ2n) is 9.41. The first-order valence-corrected chi connectivity index (χ1v) is 13.5. The highest BCUT2D eigenvalue weighted by Crippen LogP contribution is 2.32. The monoisotopic (exact) mass is 634 g/mol. The SMILES string of the molecule is CCC(C(=O)c1ccc(Cl)cc1)n1ncn(-c2ccc(N3CCN(c4ccc(OC)c(OC)c4)CC3)nc2)c1=O.Cl.Cl. The molecule has 0 saturated carbocycles. The van der Waals surface area contributed by atoms with Gasteiger partial charge in [-0.1, -0.05) is 18.5 Å². The Morgan fingerprint density at radius 1 is 0.905 bits per heavy atom. The number of ketones is 1. The molecule has 13 heteroatoms. The average Bonchev–Trinajstić information content (AvgIpc) is 3.38. The third kappa shape index (κ3) is 6.67. The van der Waals surface area contributed by atoms with Crippen LogP contribution < -0.4 is 25.0 Å². The number of carbonyl (C=O) groups excluding carboxylic acids is 1. The summed E-state index contributed by atoms with van der Waals surface area (Å²) < 4.78 is 13.4. The van der Waals surface area contributed by atoms with E-state index in [-0.39, 0.29) is 30.6 Å². The number of piperazine rings is 1. The van der Waals surface area contributed by atoms with Crippen molar-refractivity contribution in [3.63, 3.8) is 0 Å². The van der Waals surface area contributed by atoms with Gasteiger partial charge >= 0.3 is 5.69 Å². The number of hydrogen-bond donors (Lipinski definition) is 0. The highest BCUT2D eigenvalue weighted by atomic mass is 35.5. The fraction of sp³-hybridized carbons (Fsp3) is 0.310. The number of pyridine rings is 1. The topological polar surface area (TPSA) is 94.7 Å². The summed E-state index contributed by atoms with van der Waals surface area (Å²) in [7, 11) is 3.26. The molecule has 3 heterocycles. The lowest BCUT2D eigenvalue weighted by molar-refractivity contribution is 0.0911. The highest BCUT2D eigenvalue weighted by Gasteiger charge is 2.25. The molecule has 10 nitrogen and oxygen atoms in total. The first-order valence-electron chi connectivity index (χ1n) is 13.1. The van der Waals surface area contributed by atoms with Crippen LogP contribution in [0.2, 0.25) is 5.02 Å². The normalized spacial score (nSPS) is 13.5. The lowest BCUT2D eigenvalue weighted by Crippen LogP contribution is -2.46. The Bertz CT molecular complexity index is 1530. The molecule has 2 aromatic carbocycles. The number of nitrogens with zero attached hydrogens (tertiary/aromatic N) is 6. The molecule has 1 atom stereocenters. The minimum absolute atomic E-state index is 0. The predicted molar refractivity (Wildman–Crippen MR) is 169 cm³/mol. The summed E-state index contributed by atoms with van der Waals surface area (Å²) in [5, 5.41) is 4.80. The van der Waals surface area contributed by atoms with Gasteiger partial charge in [-0.05, 0) is 55.0 Å². The number of carbonyl (C=O) groups is 1. The molecule has 0 aliphatic carbocycles. The number of hydrogen-bond acceptors (Lipinski definition) is 8. The van der Waals surface area contributed by atoms with Gasteiger partial charge in [0.25, 0.3) is 0 Å². The quantitative estimate of drug-likeness (QED) is 0.235. The molecule has 1 saturated heterocycles. The van der Waals surface area contributed by atoms with Crippen LogP contribution >= 0.6 is 36.4 Å². The van der Waals surface area contributed by atoms with Gasteiger partial charge in [0, 0.05) is 48.5 Å². The summed E-state index contributed by atoms with van der Waals surface area (Å²) in [6.07, 6.45) is 3.51. The van der Waals surface area contributed by atoms with Gasteiger partial charge in [0.2, 0.25) is 0 Å². The molecule has 224 valence electrons. The van der Waals surface area contributed by atoms with Gasteiger partial charge in [-0.2, -0.15) is 5.10 Å². The minimum atomic E-state index is -0.718. The molecule has 1 aliphatic heterocycles. The van der Waals surface area contributed by atoms with Gasteiger partial charge in [0.15, 0.2) is 17.3 Å². The third-order valence-electron chi connectivity index (χ3n) is 7.15. The largest absolute Gasteiger partial charge is 0.493 e. The number of halogens is 3. The van der Waals surface area contributed by atoms with Crippen LogP contribution in [0, 0.1) is 0 Å². The van der Waals surface area contributed by atoms with Crippen molar-refractivity contribution in [1.29, 1.82) is 0 Å². The second-order valence-corrected chi connectivity index (χ2v) is 9.85. The van der Waals surface area contributed by atoms with Crippen molar-refractivity contribution in [1.82, 2.24) is 19.3 Å². The predicted octanol–water partition coefficient (Wildman–Crippen LogP) is 5.10. The Labute approximate surface area is 261 Å². The zero-order valence-electron chi connectivity index (χ0n) is 23.5. The number of ether oxygens (including phenoxy) is 2. The van der Waals surface area contributed by atoms with Gasteiger partial charge in [-0.3, -0.25) is 4.79 Å². The van der Waals surface area contributed by atoms with Gasteiger partial charge in [-0.15, -0.1) is 24.8 Å². The van der Waals surface area contributed by atoms with Crippen LogP contribution in [0.3, 0.4) is 0 Å². The lowest BCUT2D eigenvalue weighted by Gasteiger charge is -2.37. The van der Waals surface area contributed by atoms with Gasteiger partial charge in [0.1, 0.15) is 18.2 Å². The zero-order valence-corrected chi connectivity index (χ0v) is 25.9. The molecular formula is C29H33Cl3N6O4. The maximum Gasteiger partial charge on any atom is 0.351 e. The van der Waals surface area contributed by atoms with Crippen molar-refractivity contribution in [2.45, 2.75) is 19.4 Å². The van der Waals surface area contributed by atoms with Crippen LogP contribution in [-0.4, -0.2) is 65.5 Å². The van der Waals surface area contributed by atoms with Crippen LogP contribution in [0.25, 0.3) is 5.69 Å². The molecule has 0 radical (unpaired) electrons. The molecule has 1 fully saturated rings. The first-order chi connectivity index (χ1) is 19.4. The number of Topliss-reactive ketones (excluding diaryl/α,β-unsaturated/α-hetero) is 1. The minimum Gasteiger partial charge on any atom is -0.493 e. The summed E-state index contributed by atoms with van der Waals surface area (Å²) in [6, 6.07) is 15.6. The van der Waals surface area contributed by atoms with Crippen LogP contribution in [0.4, 0.5) is 11.5 Å². The highest BCUT2D eigenvalue weighted by molar-refractivity contribution is 6.30. The molecule has 5 rings (SSSR count). The summed E-state index contributed by atoms with van der Waals surface area (Å²) >= 11 is 5.95. The van der Waals surface area contributed by atoms with Gasteiger partial charge in [0.05, 0.1) is 26.1 Å². The van der Waals surface area contributed by atoms with E-state index in [9.17, 15) is 9.59 Å². The van der Waals surface area contributed by atoms with Crippen molar-refractivity contribution < 1.29 is 14.3 Å². The van der Waals surface area contributed by atoms with Crippen LogP contribution in [-0.2, 0) is 0 Å². The number of aromatic nitrogens is 4. The van der Waals surface area contributed by atoms with Crippen molar-refractivity contribution in [3.05, 3.63) is 88.2 Å². The van der Waals surface area contributed by atoms with E-state index in [0.29, 0.717) is 34.2 Å². The number of rotatable bonds is 9. The molecule has 0 spiro atoms. The number of anilines is 2. The first kappa shape index (κ1) is 32.8. The molecular weight excluding hydrogens is 603 g/mol. The summed E-state index contributed by atoms with van der Waals surface area (Å²) in [4.78, 5) is 35.5. The molecule has 0 bridgehead atoms. The maximum absolute atomic E-state index is 13.2. The molecule has 2 aromatic heterocycles. The molecule has 42 heavy (non-hydrogen) atoms. The molecule has 4 aromatic rings. The fourth-order valence-electron chi connectivity index (χ4n) is 4.91. The fourth-order valence-corrected chi connectivity index (χ4v) is 5.03. The van der Waals surface area contributed by atoms with Crippen LogP contribution in [0.5, 0.6) is 11.5 Å². The van der Waals surface area contributed by atoms with E-state index in [1.165, 1.54) is 15.6 Å². The van der Waals surface area contributed by atoms with E-state index in [1.54, 1.807) is 44.7 Å². The smallest absolute Gasteiger partial charge is 0.351 e. The van der Waals surface area contributed by atoms with Gasteiger partial charge < -0.3 is 19.3 Å². The Balaban J connectivity index is 0.00000242. The van der Waals surface area contributed by atoms with E-state index >= 15 is 0 Å². The number of methoxy groups -OCH3 is 2. The standard InChI is InChI=1S/C29H31ClN6O4.2ClH/c1-4-24(28(37)20-5-7-21(30)8-6-20)36-29(38)35(19-32-36)23-10-12-27(31-18-23)34-15-13-33(14-16-34)22-9-11-25(39-2)26(17-22)40-3;;/h5-12,17-19,24H,4,13-16H2,1-3H3;2*1H. The molecule has 1 unspecified atom stereocenters. The van der Waals surface area contributed by atoms with Crippen molar-refractivity contribution in [2.75, 3.05) is 50.2 Å². The summed E-state index contributed by atoms with van der Waals surface area (Å²) in [5.41, 5.74) is 1.75. The van der Waals surface area contributed by atoms with Gasteiger partial charge in [-0.25, -0.2) is 19.0 Å². The van der Waals surface area contributed by atoms with E-state index < -0.39 is 11.7 Å². The molecule has 0 N–H and O–H groups in total. The molecule has 1 aliphatic rings. The van der Waals surface area contributed by atoms with Crippen LogP contribution in [0.1, 0.15) is 29.7 Å². The average molecular weight is 636 g/mol. The molecule has 0 amide bonds. The van der Waals surface area contributed by atoms with Crippen molar-refractivity contribution in [2.24, 2.45) is 0 Å². The van der Waals surface area contributed by atoms with Crippen LogP contribution in [0.15, 0.2) is 71.9 Å². The van der Waals surface area contributed by atoms with E-state index in [2.05, 4.69) is 19.9 Å². The number of benzene rings is 2. The zero-order chi connectivity index (χ0) is 28.2. The summed E-state index contributed by atoms with van der Waals surface area (Å²) in [6.45, 7) is 5.09. The lowest BCUT2D eigenvalue weighted by atomic mass is 10.0. The van der Waals surface area contributed by atoms with E-state index in [0.717, 1.165) is 37.7 Å². The Morgan fingerprint density at radius 2 is 1.55 bits per heavy atom. The van der Waals surface area contributed by atoms with Crippen molar-refractivity contribution in [3.8, 4) is 17.2 Å². The van der Waals surface area contributed by atoms with E-state index in [1.807, 2.05) is 37.3 Å². The van der Waals surface area contributed by atoms with E-state index in [4.69, 9.17) is 21.1 Å². The summed E-state index contributed by atoms with van der Waals surface area (Å²) in [5.74, 6) is 2.06. The second kappa shape index (κ2) is 14.4. The Morgan fingerprint density at radius 3 is 2.14 bits per heavy atom. The third-order valence-corrected chi connectivity index (χ3v) is 7.41. The Kier molecular flexibility index (Phi) is 11.3.